The first-order valence-electron chi connectivity index (χ1n) is 10.5. The zero-order valence-electron chi connectivity index (χ0n) is 17.4. The fourth-order valence-electron chi connectivity index (χ4n) is 4.74. The van der Waals surface area contributed by atoms with Crippen LogP contribution in [-0.2, 0) is 33.3 Å². The zero-order valence-corrected chi connectivity index (χ0v) is 18.2. The standard InChI is InChI=1S/C21H31ClO7/c1-19-6-4-13(8-15(19)28-19)17(23)26-11-21(22,10-25-3)12-27-18(24)14-5-7-20(2)16(9-14)29-20/h13-16H,4-12H2,1-3H3. The van der Waals surface area contributed by atoms with Crippen LogP contribution in [-0.4, -0.2) is 67.2 Å². The summed E-state index contributed by atoms with van der Waals surface area (Å²) in [6.07, 6.45) is 4.93. The summed E-state index contributed by atoms with van der Waals surface area (Å²) in [5.41, 5.74) is -0.0846. The number of alkyl halides is 1. The number of fused-ring (bicyclic) bond motifs is 2. The summed E-state index contributed by atoms with van der Waals surface area (Å²) >= 11 is 6.59. The second kappa shape index (κ2) is 7.66. The van der Waals surface area contributed by atoms with Crippen molar-refractivity contribution in [3.8, 4) is 0 Å². The predicted molar refractivity (Wildman–Crippen MR) is 104 cm³/mol. The number of rotatable bonds is 8. The van der Waals surface area contributed by atoms with Gasteiger partial charge in [0.15, 0.2) is 0 Å². The van der Waals surface area contributed by atoms with E-state index in [-0.39, 0.29) is 67.0 Å². The third-order valence-electron chi connectivity index (χ3n) is 7.06. The van der Waals surface area contributed by atoms with Crippen LogP contribution in [0.4, 0.5) is 0 Å². The molecule has 2 saturated carbocycles. The van der Waals surface area contributed by atoms with Gasteiger partial charge in [0.25, 0.3) is 0 Å². The second-order valence-corrected chi connectivity index (χ2v) is 10.4. The molecule has 7 nitrogen and oxygen atoms in total. The Morgan fingerprint density at radius 2 is 1.38 bits per heavy atom. The molecule has 4 fully saturated rings. The quantitative estimate of drug-likeness (QED) is 0.332. The van der Waals surface area contributed by atoms with Gasteiger partial charge in [0.2, 0.25) is 0 Å². The largest absolute Gasteiger partial charge is 0.463 e. The van der Waals surface area contributed by atoms with E-state index in [1.807, 2.05) is 0 Å². The molecule has 2 aliphatic heterocycles. The number of esters is 2. The monoisotopic (exact) mass is 430 g/mol. The lowest BCUT2D eigenvalue weighted by Gasteiger charge is -2.28. The van der Waals surface area contributed by atoms with Crippen LogP contribution in [0.15, 0.2) is 0 Å². The molecule has 0 aromatic heterocycles. The Morgan fingerprint density at radius 1 is 0.931 bits per heavy atom. The summed E-state index contributed by atoms with van der Waals surface area (Å²) in [5, 5.41) is 0. The Balaban J connectivity index is 1.23. The molecule has 29 heavy (non-hydrogen) atoms. The van der Waals surface area contributed by atoms with E-state index < -0.39 is 4.87 Å². The average Bonchev–Trinajstić information content (AvgIpc) is 3.56. The Kier molecular flexibility index (Phi) is 5.64. The van der Waals surface area contributed by atoms with Crippen molar-refractivity contribution in [2.75, 3.05) is 26.9 Å². The van der Waals surface area contributed by atoms with Crippen molar-refractivity contribution in [2.45, 2.75) is 80.7 Å². The zero-order chi connectivity index (χ0) is 20.9. The molecule has 164 valence electrons. The highest BCUT2D eigenvalue weighted by Gasteiger charge is 2.57. The van der Waals surface area contributed by atoms with E-state index >= 15 is 0 Å². The van der Waals surface area contributed by atoms with E-state index in [2.05, 4.69) is 13.8 Å². The first-order valence-corrected chi connectivity index (χ1v) is 10.9. The lowest BCUT2D eigenvalue weighted by atomic mass is 9.83. The fourth-order valence-corrected chi connectivity index (χ4v) is 4.96. The van der Waals surface area contributed by atoms with Gasteiger partial charge < -0.3 is 23.7 Å². The summed E-state index contributed by atoms with van der Waals surface area (Å²) in [4.78, 5) is 23.9. The van der Waals surface area contributed by atoms with E-state index in [1.54, 1.807) is 0 Å². The molecule has 6 atom stereocenters. The molecule has 4 aliphatic rings. The van der Waals surface area contributed by atoms with Gasteiger partial charge in [0, 0.05) is 7.11 Å². The highest BCUT2D eigenvalue weighted by molar-refractivity contribution is 6.24. The highest BCUT2D eigenvalue weighted by Crippen LogP contribution is 2.50. The maximum absolute atomic E-state index is 12.5. The minimum absolute atomic E-state index is 0.0423. The third-order valence-corrected chi connectivity index (χ3v) is 7.39. The maximum Gasteiger partial charge on any atom is 0.309 e. The van der Waals surface area contributed by atoms with Gasteiger partial charge in [0.1, 0.15) is 18.1 Å². The number of hydrogen-bond acceptors (Lipinski definition) is 7. The molecule has 6 unspecified atom stereocenters. The predicted octanol–water partition coefficient (Wildman–Crippen LogP) is 2.61. The van der Waals surface area contributed by atoms with Gasteiger partial charge in [-0.1, -0.05) is 0 Å². The van der Waals surface area contributed by atoms with Gasteiger partial charge in [-0.25, -0.2) is 0 Å². The number of methoxy groups -OCH3 is 1. The van der Waals surface area contributed by atoms with Crippen molar-refractivity contribution in [3.63, 3.8) is 0 Å². The van der Waals surface area contributed by atoms with E-state index in [9.17, 15) is 9.59 Å². The van der Waals surface area contributed by atoms with Crippen molar-refractivity contribution < 1.29 is 33.3 Å². The van der Waals surface area contributed by atoms with Gasteiger partial charge >= 0.3 is 11.9 Å². The van der Waals surface area contributed by atoms with Crippen molar-refractivity contribution in [1.82, 2.24) is 0 Å². The number of ether oxygens (including phenoxy) is 5. The molecule has 0 bridgehead atoms. The average molecular weight is 431 g/mol. The summed E-state index contributed by atoms with van der Waals surface area (Å²) in [6.45, 7) is 4.14. The Labute approximate surface area is 176 Å². The van der Waals surface area contributed by atoms with Gasteiger partial charge in [-0.05, 0) is 52.4 Å². The summed E-state index contributed by atoms with van der Waals surface area (Å²) in [5.74, 6) is -0.881. The van der Waals surface area contributed by atoms with Gasteiger partial charge in [-0.15, -0.1) is 11.6 Å². The van der Waals surface area contributed by atoms with Crippen LogP contribution in [0.2, 0.25) is 0 Å². The van der Waals surface area contributed by atoms with Crippen LogP contribution >= 0.6 is 11.6 Å². The fraction of sp³-hybridized carbons (Fsp3) is 0.905. The van der Waals surface area contributed by atoms with Crippen LogP contribution in [0.25, 0.3) is 0 Å². The molecule has 0 spiro atoms. The van der Waals surface area contributed by atoms with Crippen LogP contribution in [0.5, 0.6) is 0 Å². The Bertz CT molecular complexity index is 619. The molecule has 2 saturated heterocycles. The van der Waals surface area contributed by atoms with Crippen molar-refractivity contribution in [2.24, 2.45) is 11.8 Å². The van der Waals surface area contributed by atoms with Crippen LogP contribution in [0, 0.1) is 11.8 Å². The maximum atomic E-state index is 12.5. The summed E-state index contributed by atoms with van der Waals surface area (Å²) in [6, 6.07) is 0. The number of carbonyl (C=O) groups excluding carboxylic acids is 2. The number of halogens is 1. The van der Waals surface area contributed by atoms with Crippen LogP contribution in [0.1, 0.15) is 52.4 Å². The summed E-state index contributed by atoms with van der Waals surface area (Å²) in [7, 11) is 1.51. The molecule has 0 aromatic rings. The molecular formula is C21H31ClO7. The smallest absolute Gasteiger partial charge is 0.309 e. The lowest BCUT2D eigenvalue weighted by Crippen LogP contribution is -2.42. The first-order chi connectivity index (χ1) is 13.7. The topological polar surface area (TPSA) is 86.9 Å². The molecule has 2 heterocycles. The lowest BCUT2D eigenvalue weighted by molar-refractivity contribution is -0.155. The first kappa shape index (κ1) is 21.3. The summed E-state index contributed by atoms with van der Waals surface area (Å²) < 4.78 is 27.5. The minimum atomic E-state index is -1.10. The van der Waals surface area contributed by atoms with E-state index in [0.29, 0.717) is 12.8 Å². The molecule has 0 N–H and O–H groups in total. The molecule has 2 aliphatic carbocycles. The van der Waals surface area contributed by atoms with Crippen molar-refractivity contribution in [1.29, 1.82) is 0 Å². The molecule has 0 aromatic carbocycles. The minimum Gasteiger partial charge on any atom is -0.463 e. The van der Waals surface area contributed by atoms with E-state index in [0.717, 1.165) is 25.7 Å². The third kappa shape index (κ3) is 4.58. The number of epoxide rings is 2. The molecule has 4 rings (SSSR count). The van der Waals surface area contributed by atoms with E-state index in [4.69, 9.17) is 35.3 Å². The SMILES string of the molecule is COCC(Cl)(COC(=O)C1CCC2(C)OC2C1)COC(=O)C1CCC2(C)OC2C1. The molecule has 8 heteroatoms. The second-order valence-electron chi connectivity index (χ2n) is 9.58. The van der Waals surface area contributed by atoms with Crippen LogP contribution < -0.4 is 0 Å². The number of carbonyl (C=O) groups is 2. The molecule has 0 radical (unpaired) electrons. The van der Waals surface area contributed by atoms with Gasteiger partial charge in [0.05, 0.1) is 41.9 Å². The number of hydrogen-bond donors (Lipinski definition) is 0. The van der Waals surface area contributed by atoms with Gasteiger partial charge in [-0.3, -0.25) is 9.59 Å². The van der Waals surface area contributed by atoms with Gasteiger partial charge in [-0.2, -0.15) is 0 Å². The van der Waals surface area contributed by atoms with Crippen molar-refractivity contribution >= 4 is 23.5 Å². The molecular weight excluding hydrogens is 400 g/mol. The Hall–Kier alpha value is -0.890. The van der Waals surface area contributed by atoms with Crippen LogP contribution in [0.3, 0.4) is 0 Å². The molecule has 0 amide bonds. The van der Waals surface area contributed by atoms with E-state index in [1.165, 1.54) is 7.11 Å². The Morgan fingerprint density at radius 3 is 1.76 bits per heavy atom. The normalized spacial score (nSPS) is 42.1. The highest BCUT2D eigenvalue weighted by atomic mass is 35.5. The van der Waals surface area contributed by atoms with Crippen molar-refractivity contribution in [3.05, 3.63) is 0 Å².